The van der Waals surface area contributed by atoms with E-state index in [9.17, 15) is 9.59 Å². The molecule has 0 saturated carbocycles. The fraction of sp³-hybridized carbons (Fsp3) is 0.654. The molecule has 5 N–H and O–H groups in total. The van der Waals surface area contributed by atoms with Gasteiger partial charge in [-0.3, -0.25) is 9.59 Å². The van der Waals surface area contributed by atoms with Crippen LogP contribution >= 0.6 is 11.8 Å². The monoisotopic (exact) mass is 734 g/mol. The first-order valence-electron chi connectivity index (χ1n) is 12.1. The van der Waals surface area contributed by atoms with E-state index in [4.69, 9.17) is 20.9 Å². The Balaban J connectivity index is 0. The normalized spacial score (nSPS) is 14.1. The summed E-state index contributed by atoms with van der Waals surface area (Å²) in [5, 5.41) is 2.79. The number of ether oxygens (including phenoxy) is 2. The third kappa shape index (κ3) is 20.2. The Morgan fingerprint density at radius 1 is 1.14 bits per heavy atom. The van der Waals surface area contributed by atoms with Gasteiger partial charge in [-0.05, 0) is 72.9 Å². The van der Waals surface area contributed by atoms with Crippen LogP contribution in [0.2, 0.25) is 0 Å². The SMILES string of the molecule is CCOC(C)CCN.[CH2-]c1cccc(C(=O)SC(C)(N)CCOC(C)CCC(=O)NC(C)C)c1.[U]. The Kier molecular flexibility index (Phi) is 21.5. The van der Waals surface area contributed by atoms with E-state index in [-0.39, 0.29) is 54.3 Å². The van der Waals surface area contributed by atoms with Crippen LogP contribution in [0.5, 0.6) is 0 Å². The van der Waals surface area contributed by atoms with Gasteiger partial charge in [0, 0.05) is 56.8 Å². The number of carbonyl (C=O) groups excluding carboxylic acids is 2. The minimum absolute atomic E-state index is 0. The van der Waals surface area contributed by atoms with Crippen molar-refractivity contribution in [1.82, 2.24) is 5.32 Å². The summed E-state index contributed by atoms with van der Waals surface area (Å²) < 4.78 is 10.9. The Hall–Kier alpha value is -0.528. The molecule has 1 rings (SSSR count). The number of hydrogen-bond acceptors (Lipinski definition) is 7. The van der Waals surface area contributed by atoms with Crippen molar-refractivity contribution in [2.24, 2.45) is 11.5 Å². The van der Waals surface area contributed by atoms with Gasteiger partial charge >= 0.3 is 0 Å². The van der Waals surface area contributed by atoms with Gasteiger partial charge in [0.05, 0.1) is 17.1 Å². The second-order valence-electron chi connectivity index (χ2n) is 8.94. The number of carbonyl (C=O) groups is 2. The molecule has 0 spiro atoms. The van der Waals surface area contributed by atoms with Gasteiger partial charge in [0.2, 0.25) is 11.0 Å². The summed E-state index contributed by atoms with van der Waals surface area (Å²) in [7, 11) is 0. The summed E-state index contributed by atoms with van der Waals surface area (Å²) in [4.78, 5) is 23.3. The van der Waals surface area contributed by atoms with E-state index in [2.05, 4.69) is 12.2 Å². The third-order valence-corrected chi connectivity index (χ3v) is 5.83. The number of nitrogens with one attached hydrogen (secondary N) is 1. The van der Waals surface area contributed by atoms with Crippen molar-refractivity contribution >= 4 is 22.8 Å². The second kappa shape index (κ2) is 20.5. The average molecular weight is 735 g/mol. The zero-order valence-corrected chi connectivity index (χ0v) is 27.4. The van der Waals surface area contributed by atoms with Gasteiger partial charge < -0.3 is 26.3 Å². The van der Waals surface area contributed by atoms with Gasteiger partial charge in [0.25, 0.3) is 0 Å². The van der Waals surface area contributed by atoms with Crippen LogP contribution in [-0.4, -0.2) is 53.9 Å². The Morgan fingerprint density at radius 2 is 1.77 bits per heavy atom. The van der Waals surface area contributed by atoms with Crippen molar-refractivity contribution in [2.75, 3.05) is 19.8 Å². The third-order valence-electron chi connectivity index (χ3n) is 4.74. The summed E-state index contributed by atoms with van der Waals surface area (Å²) in [5.74, 6) is 0.0351. The smallest absolute Gasteiger partial charge is 0.220 e. The molecular formula is C26H46N3O4SU-. The first kappa shape index (κ1) is 36.6. The van der Waals surface area contributed by atoms with Crippen molar-refractivity contribution in [2.45, 2.75) is 90.3 Å². The number of rotatable bonds is 14. The maximum Gasteiger partial charge on any atom is 0.220 e. The number of nitrogens with two attached hydrogens (primary N) is 2. The molecule has 0 radical (unpaired) electrons. The second-order valence-corrected chi connectivity index (χ2v) is 10.4. The molecule has 0 aliphatic heterocycles. The van der Waals surface area contributed by atoms with Crippen LogP contribution in [0.1, 0.15) is 83.1 Å². The van der Waals surface area contributed by atoms with Crippen LogP contribution in [0, 0.1) is 38.0 Å². The number of amides is 1. The molecule has 1 aromatic rings. The Labute approximate surface area is 241 Å². The first-order chi connectivity index (χ1) is 15.9. The summed E-state index contributed by atoms with van der Waals surface area (Å²) in [6.07, 6.45) is 2.90. The molecular weight excluding hydrogens is 688 g/mol. The molecule has 200 valence electrons. The maximum atomic E-state index is 12.3. The maximum absolute atomic E-state index is 12.3. The number of benzene rings is 1. The molecule has 9 heteroatoms. The average Bonchev–Trinajstić information content (AvgIpc) is 2.72. The standard InChI is InChI=1S/C20H31N2O3S.C6H15NO.U/c1-14(2)22-18(23)10-9-16(4)25-12-11-20(5,21)26-19(24)17-8-6-7-15(3)13-17;1-3-8-6(2)4-5-7;/h6-8,13-14,16H,3,9-12,21H2,1-2,4-5H3,(H,22,23);6H,3-5,7H2,1-2H3;/q-1;;. The summed E-state index contributed by atoms with van der Waals surface area (Å²) in [6, 6.07) is 7.33. The predicted molar refractivity (Wildman–Crippen MR) is 143 cm³/mol. The molecule has 0 aliphatic rings. The Bertz CT molecular complexity index is 714. The van der Waals surface area contributed by atoms with E-state index in [1.54, 1.807) is 12.1 Å². The van der Waals surface area contributed by atoms with Gasteiger partial charge in [-0.2, -0.15) is 24.6 Å². The van der Waals surface area contributed by atoms with Crippen molar-refractivity contribution in [1.29, 1.82) is 0 Å². The molecule has 1 aromatic carbocycles. The largest absolute Gasteiger partial charge is 0.379 e. The molecule has 0 aliphatic carbocycles. The minimum Gasteiger partial charge on any atom is -0.379 e. The van der Waals surface area contributed by atoms with Gasteiger partial charge in [0.1, 0.15) is 0 Å². The molecule has 0 heterocycles. The molecule has 3 atom stereocenters. The van der Waals surface area contributed by atoms with Crippen LogP contribution < -0.4 is 16.8 Å². The molecule has 0 fully saturated rings. The van der Waals surface area contributed by atoms with E-state index >= 15 is 0 Å². The van der Waals surface area contributed by atoms with E-state index in [0.717, 1.165) is 36.9 Å². The van der Waals surface area contributed by atoms with Crippen molar-refractivity contribution < 1.29 is 50.2 Å². The summed E-state index contributed by atoms with van der Waals surface area (Å²) in [5.41, 5.74) is 12.9. The van der Waals surface area contributed by atoms with Gasteiger partial charge in [-0.15, -0.1) is 6.07 Å². The van der Waals surface area contributed by atoms with E-state index < -0.39 is 4.87 Å². The van der Waals surface area contributed by atoms with Crippen LogP contribution in [0.4, 0.5) is 0 Å². The number of hydrogen-bond donors (Lipinski definition) is 3. The van der Waals surface area contributed by atoms with Crippen LogP contribution in [0.15, 0.2) is 24.3 Å². The number of thioether (sulfide) groups is 1. The molecule has 7 nitrogen and oxygen atoms in total. The molecule has 0 saturated heterocycles. The van der Waals surface area contributed by atoms with Gasteiger partial charge in [-0.1, -0.05) is 17.8 Å². The molecule has 0 bridgehead atoms. The van der Waals surface area contributed by atoms with Gasteiger partial charge in [-0.25, -0.2) is 0 Å². The topological polar surface area (TPSA) is 117 Å². The predicted octanol–water partition coefficient (Wildman–Crippen LogP) is 4.28. The van der Waals surface area contributed by atoms with Crippen LogP contribution in [0.3, 0.4) is 0 Å². The van der Waals surface area contributed by atoms with E-state index in [1.165, 1.54) is 0 Å². The fourth-order valence-corrected chi connectivity index (χ4v) is 3.75. The quantitative estimate of drug-likeness (QED) is 0.193. The van der Waals surface area contributed by atoms with Gasteiger partial charge in [0.15, 0.2) is 0 Å². The van der Waals surface area contributed by atoms with Crippen molar-refractivity contribution in [3.8, 4) is 0 Å². The fourth-order valence-electron chi connectivity index (χ4n) is 2.90. The molecule has 0 aromatic heterocycles. The molecule has 1 amide bonds. The van der Waals surface area contributed by atoms with E-state index in [0.29, 0.717) is 37.5 Å². The van der Waals surface area contributed by atoms with E-state index in [1.807, 2.05) is 53.7 Å². The zero-order valence-electron chi connectivity index (χ0n) is 22.4. The van der Waals surface area contributed by atoms with Crippen LogP contribution in [0.25, 0.3) is 0 Å². The summed E-state index contributed by atoms with van der Waals surface area (Å²) >= 11 is 1.11. The molecule has 35 heavy (non-hydrogen) atoms. The molecule has 3 unspecified atom stereocenters. The first-order valence-corrected chi connectivity index (χ1v) is 12.9. The zero-order chi connectivity index (χ0) is 26.1. The Morgan fingerprint density at radius 3 is 2.31 bits per heavy atom. The summed E-state index contributed by atoms with van der Waals surface area (Å²) in [6.45, 7) is 17.5. The van der Waals surface area contributed by atoms with Crippen LogP contribution in [-0.2, 0) is 14.3 Å². The van der Waals surface area contributed by atoms with Crippen molar-refractivity contribution in [3.63, 3.8) is 0 Å². The van der Waals surface area contributed by atoms with Crippen molar-refractivity contribution in [3.05, 3.63) is 42.3 Å². The minimum atomic E-state index is -0.719.